The minimum Gasteiger partial charge on any atom is -0.253 e. The molecule has 0 radical (unpaired) electrons. The molecule has 80 valence electrons. The lowest BCUT2D eigenvalue weighted by Crippen LogP contribution is -1.93. The van der Waals surface area contributed by atoms with Gasteiger partial charge in [0.25, 0.3) is 0 Å². The number of hydrogen-bond donors (Lipinski definition) is 1. The van der Waals surface area contributed by atoms with E-state index in [1.54, 1.807) is 0 Å². The zero-order valence-corrected chi connectivity index (χ0v) is 10.4. The van der Waals surface area contributed by atoms with Crippen LogP contribution in [0.25, 0.3) is 12.2 Å². The Morgan fingerprint density at radius 2 is 2.07 bits per heavy atom. The van der Waals surface area contributed by atoms with Gasteiger partial charge in [-0.15, -0.1) is 0 Å². The maximum atomic E-state index is 4.56. The van der Waals surface area contributed by atoms with Crippen molar-refractivity contribution >= 4 is 24.8 Å². The van der Waals surface area contributed by atoms with Gasteiger partial charge in [0.2, 0.25) is 0 Å². The molecule has 2 heteroatoms. The SMILES string of the molecule is C/C=C\c1cc(C)c(C)nc1/C=C\CS. The summed E-state index contributed by atoms with van der Waals surface area (Å²) in [5.74, 6) is 0.740. The predicted molar refractivity (Wildman–Crippen MR) is 71.3 cm³/mol. The van der Waals surface area contributed by atoms with Crippen LogP contribution in [-0.2, 0) is 0 Å². The molecular formula is C13H17NS. The van der Waals surface area contributed by atoms with E-state index >= 15 is 0 Å². The van der Waals surface area contributed by atoms with Gasteiger partial charge in [-0.2, -0.15) is 12.6 Å². The molecule has 0 aliphatic heterocycles. The average Bonchev–Trinajstić information content (AvgIpc) is 2.21. The highest BCUT2D eigenvalue weighted by molar-refractivity contribution is 7.80. The molecule has 0 saturated heterocycles. The first kappa shape index (κ1) is 12.1. The average molecular weight is 219 g/mol. The standard InChI is InChI=1S/C13H17NS/c1-4-6-12-9-10(2)11(3)14-13(12)7-5-8-15/h4-7,9,15H,8H2,1-3H3/b6-4-,7-5-. The molecule has 0 saturated carbocycles. The van der Waals surface area contributed by atoms with Crippen LogP contribution in [0.3, 0.4) is 0 Å². The van der Waals surface area contributed by atoms with Gasteiger partial charge >= 0.3 is 0 Å². The maximum absolute atomic E-state index is 4.56. The molecule has 0 N–H and O–H groups in total. The van der Waals surface area contributed by atoms with Crippen molar-refractivity contribution in [2.75, 3.05) is 5.75 Å². The zero-order chi connectivity index (χ0) is 11.3. The fraction of sp³-hybridized carbons (Fsp3) is 0.308. The maximum Gasteiger partial charge on any atom is 0.0702 e. The van der Waals surface area contributed by atoms with Crippen molar-refractivity contribution in [2.45, 2.75) is 20.8 Å². The molecule has 0 aliphatic rings. The number of pyridine rings is 1. The van der Waals surface area contributed by atoms with Crippen molar-refractivity contribution in [1.29, 1.82) is 0 Å². The Hall–Kier alpha value is -1.02. The van der Waals surface area contributed by atoms with Crippen molar-refractivity contribution in [3.05, 3.63) is 40.7 Å². The van der Waals surface area contributed by atoms with Gasteiger partial charge in [-0.25, -0.2) is 0 Å². The van der Waals surface area contributed by atoms with Crippen LogP contribution in [0.15, 0.2) is 18.2 Å². The van der Waals surface area contributed by atoms with E-state index in [-0.39, 0.29) is 0 Å². The molecule has 0 aromatic carbocycles. The molecule has 0 atom stereocenters. The van der Waals surface area contributed by atoms with E-state index < -0.39 is 0 Å². The highest BCUT2D eigenvalue weighted by atomic mass is 32.1. The normalized spacial score (nSPS) is 11.7. The van der Waals surface area contributed by atoms with E-state index in [0.29, 0.717) is 0 Å². The first-order chi connectivity index (χ1) is 7.19. The number of thiol groups is 1. The molecule has 1 aromatic heterocycles. The lowest BCUT2D eigenvalue weighted by atomic mass is 10.1. The van der Waals surface area contributed by atoms with Gasteiger partial charge < -0.3 is 0 Å². The summed E-state index contributed by atoms with van der Waals surface area (Å²) in [7, 11) is 0. The summed E-state index contributed by atoms with van der Waals surface area (Å²) in [6, 6.07) is 2.17. The molecule has 0 amide bonds. The smallest absolute Gasteiger partial charge is 0.0702 e. The number of hydrogen-bond acceptors (Lipinski definition) is 2. The van der Waals surface area contributed by atoms with Gasteiger partial charge in [0, 0.05) is 17.0 Å². The second kappa shape index (κ2) is 5.76. The Balaban J connectivity index is 3.21. The lowest BCUT2D eigenvalue weighted by molar-refractivity contribution is 1.13. The number of rotatable bonds is 3. The van der Waals surface area contributed by atoms with Crippen LogP contribution in [0, 0.1) is 13.8 Å². The van der Waals surface area contributed by atoms with Gasteiger partial charge in [-0.05, 0) is 38.5 Å². The molecule has 0 fully saturated rings. The first-order valence-corrected chi connectivity index (χ1v) is 5.70. The molecule has 1 heterocycles. The van der Waals surface area contributed by atoms with Gasteiger partial charge in [0.1, 0.15) is 0 Å². The van der Waals surface area contributed by atoms with Crippen molar-refractivity contribution in [1.82, 2.24) is 4.98 Å². The van der Waals surface area contributed by atoms with E-state index in [4.69, 9.17) is 0 Å². The summed E-state index contributed by atoms with van der Waals surface area (Å²) in [6.07, 6.45) is 8.14. The van der Waals surface area contributed by atoms with E-state index in [1.165, 1.54) is 11.1 Å². The van der Waals surface area contributed by atoms with E-state index in [2.05, 4.69) is 36.7 Å². The third kappa shape index (κ3) is 3.24. The molecule has 1 aromatic rings. The van der Waals surface area contributed by atoms with Crippen LogP contribution in [0.1, 0.15) is 29.4 Å². The van der Waals surface area contributed by atoms with Crippen LogP contribution in [-0.4, -0.2) is 10.7 Å². The zero-order valence-electron chi connectivity index (χ0n) is 9.49. The summed E-state index contributed by atoms with van der Waals surface area (Å²) in [4.78, 5) is 4.56. The predicted octanol–water partition coefficient (Wildman–Crippen LogP) is 3.67. The van der Waals surface area contributed by atoms with Crippen LogP contribution in [0.4, 0.5) is 0 Å². The second-order valence-electron chi connectivity index (χ2n) is 3.45. The molecule has 15 heavy (non-hydrogen) atoms. The fourth-order valence-corrected chi connectivity index (χ4v) is 1.46. The number of aromatic nitrogens is 1. The van der Waals surface area contributed by atoms with E-state index in [9.17, 15) is 0 Å². The third-order valence-electron chi connectivity index (χ3n) is 2.25. The van der Waals surface area contributed by atoms with Gasteiger partial charge in [0.15, 0.2) is 0 Å². The summed E-state index contributed by atoms with van der Waals surface area (Å²) in [5, 5.41) is 0. The monoisotopic (exact) mass is 219 g/mol. The third-order valence-corrected chi connectivity index (χ3v) is 2.46. The summed E-state index contributed by atoms with van der Waals surface area (Å²) >= 11 is 4.15. The Labute approximate surface area is 97.3 Å². The van der Waals surface area contributed by atoms with Crippen molar-refractivity contribution in [3.8, 4) is 0 Å². The first-order valence-electron chi connectivity index (χ1n) is 5.07. The molecular weight excluding hydrogens is 202 g/mol. The number of nitrogens with zero attached hydrogens (tertiary/aromatic N) is 1. The fourth-order valence-electron chi connectivity index (χ4n) is 1.36. The molecule has 1 rings (SSSR count). The van der Waals surface area contributed by atoms with Gasteiger partial charge in [-0.3, -0.25) is 4.98 Å². The minimum absolute atomic E-state index is 0.740. The number of aryl methyl sites for hydroxylation is 2. The minimum atomic E-state index is 0.740. The summed E-state index contributed by atoms with van der Waals surface area (Å²) < 4.78 is 0. The largest absolute Gasteiger partial charge is 0.253 e. The second-order valence-corrected chi connectivity index (χ2v) is 3.82. The highest BCUT2D eigenvalue weighted by Crippen LogP contribution is 2.15. The van der Waals surface area contributed by atoms with Crippen LogP contribution < -0.4 is 0 Å². The highest BCUT2D eigenvalue weighted by Gasteiger charge is 2.01. The van der Waals surface area contributed by atoms with Crippen LogP contribution in [0.2, 0.25) is 0 Å². The van der Waals surface area contributed by atoms with Crippen LogP contribution in [0.5, 0.6) is 0 Å². The van der Waals surface area contributed by atoms with E-state index in [0.717, 1.165) is 17.1 Å². The molecule has 0 bridgehead atoms. The van der Waals surface area contributed by atoms with Crippen LogP contribution >= 0.6 is 12.6 Å². The van der Waals surface area contributed by atoms with Crippen molar-refractivity contribution < 1.29 is 0 Å². The summed E-state index contributed by atoms with van der Waals surface area (Å²) in [6.45, 7) is 6.13. The quantitative estimate of drug-likeness (QED) is 0.765. The topological polar surface area (TPSA) is 12.9 Å². The molecule has 1 nitrogen and oxygen atoms in total. The Kier molecular flexibility index (Phi) is 4.63. The molecule has 0 spiro atoms. The van der Waals surface area contributed by atoms with Crippen molar-refractivity contribution in [3.63, 3.8) is 0 Å². The van der Waals surface area contributed by atoms with Gasteiger partial charge in [0.05, 0.1) is 5.69 Å². The van der Waals surface area contributed by atoms with Gasteiger partial charge in [-0.1, -0.05) is 18.2 Å². The Morgan fingerprint density at radius 3 is 2.67 bits per heavy atom. The van der Waals surface area contributed by atoms with Crippen molar-refractivity contribution in [2.24, 2.45) is 0 Å². The molecule has 0 aliphatic carbocycles. The van der Waals surface area contributed by atoms with E-state index in [1.807, 2.05) is 32.1 Å². The Morgan fingerprint density at radius 1 is 1.33 bits per heavy atom. The lowest BCUT2D eigenvalue weighted by Gasteiger charge is -2.05. The molecule has 0 unspecified atom stereocenters. The number of allylic oxidation sites excluding steroid dienone is 1. The Bertz CT molecular complexity index is 392. The summed E-state index contributed by atoms with van der Waals surface area (Å²) in [5.41, 5.74) is 4.50.